The summed E-state index contributed by atoms with van der Waals surface area (Å²) in [7, 11) is 0. The molecular formula is C15H15ClN2O. The van der Waals surface area contributed by atoms with E-state index in [1.54, 1.807) is 12.1 Å². The van der Waals surface area contributed by atoms with Crippen molar-refractivity contribution >= 4 is 17.4 Å². The van der Waals surface area contributed by atoms with E-state index in [2.05, 4.69) is 10.3 Å². The molecule has 0 fully saturated rings. The second-order valence-corrected chi connectivity index (χ2v) is 5.21. The van der Waals surface area contributed by atoms with E-state index in [9.17, 15) is 5.11 Å². The smallest absolute Gasteiger partial charge is 0.131 e. The van der Waals surface area contributed by atoms with Gasteiger partial charge >= 0.3 is 0 Å². The van der Waals surface area contributed by atoms with Gasteiger partial charge in [-0.15, -0.1) is 0 Å². The fourth-order valence-electron chi connectivity index (χ4n) is 2.62. The van der Waals surface area contributed by atoms with Crippen molar-refractivity contribution in [1.29, 1.82) is 0 Å². The van der Waals surface area contributed by atoms with E-state index in [1.807, 2.05) is 24.3 Å². The topological polar surface area (TPSA) is 45.1 Å². The van der Waals surface area contributed by atoms with Crippen LogP contribution in [0.25, 0.3) is 0 Å². The maximum Gasteiger partial charge on any atom is 0.131 e. The number of phenolic OH excluding ortho intramolecular Hbond substituents is 1. The quantitative estimate of drug-likeness (QED) is 0.816. The first-order valence-electron chi connectivity index (χ1n) is 6.43. The lowest BCUT2D eigenvalue weighted by Crippen LogP contribution is -2.17. The molecule has 1 aromatic carbocycles. The molecule has 2 aromatic rings. The van der Waals surface area contributed by atoms with Crippen LogP contribution in [0.15, 0.2) is 36.4 Å². The Morgan fingerprint density at radius 3 is 3.00 bits per heavy atom. The normalized spacial score (nSPS) is 17.8. The maximum absolute atomic E-state index is 9.55. The average Bonchev–Trinajstić information content (AvgIpc) is 2.38. The van der Waals surface area contributed by atoms with Crippen molar-refractivity contribution < 1.29 is 5.11 Å². The molecule has 0 saturated carbocycles. The van der Waals surface area contributed by atoms with E-state index < -0.39 is 0 Å². The fraction of sp³-hybridized carbons (Fsp3) is 0.267. The Kier molecular flexibility index (Phi) is 3.30. The standard InChI is InChI=1S/C15H15ClN2O/c16-14-5-2-6-15(18-14)17-13-4-1-3-10-9-11(19)7-8-12(10)13/h2,5-9,13,19H,1,3-4H2,(H,17,18). The number of nitrogens with zero attached hydrogens (tertiary/aromatic N) is 1. The molecule has 1 unspecified atom stereocenters. The summed E-state index contributed by atoms with van der Waals surface area (Å²) in [4.78, 5) is 4.26. The molecule has 1 aliphatic rings. The summed E-state index contributed by atoms with van der Waals surface area (Å²) in [6.07, 6.45) is 3.19. The molecule has 19 heavy (non-hydrogen) atoms. The Hall–Kier alpha value is -1.74. The van der Waals surface area contributed by atoms with E-state index in [1.165, 1.54) is 11.1 Å². The van der Waals surface area contributed by atoms with Crippen LogP contribution in [-0.2, 0) is 6.42 Å². The highest BCUT2D eigenvalue weighted by Crippen LogP contribution is 2.33. The number of phenols is 1. The number of fused-ring (bicyclic) bond motifs is 1. The number of benzene rings is 1. The largest absolute Gasteiger partial charge is 0.508 e. The first kappa shape index (κ1) is 12.3. The first-order chi connectivity index (χ1) is 9.22. The van der Waals surface area contributed by atoms with Crippen molar-refractivity contribution in [2.45, 2.75) is 25.3 Å². The number of nitrogens with one attached hydrogen (secondary N) is 1. The summed E-state index contributed by atoms with van der Waals surface area (Å²) in [5, 5.41) is 13.5. The molecule has 0 spiro atoms. The molecule has 4 heteroatoms. The highest BCUT2D eigenvalue weighted by atomic mass is 35.5. The summed E-state index contributed by atoms with van der Waals surface area (Å²) in [5.74, 6) is 1.12. The van der Waals surface area contributed by atoms with Crippen LogP contribution in [0.4, 0.5) is 5.82 Å². The van der Waals surface area contributed by atoms with Gasteiger partial charge in [0.2, 0.25) is 0 Å². The number of rotatable bonds is 2. The Balaban J connectivity index is 1.87. The monoisotopic (exact) mass is 274 g/mol. The molecule has 1 heterocycles. The van der Waals surface area contributed by atoms with Crippen LogP contribution in [0.3, 0.4) is 0 Å². The second-order valence-electron chi connectivity index (χ2n) is 4.82. The average molecular weight is 275 g/mol. The number of anilines is 1. The minimum absolute atomic E-state index is 0.232. The third-order valence-corrected chi connectivity index (χ3v) is 3.69. The van der Waals surface area contributed by atoms with Gasteiger partial charge in [0, 0.05) is 0 Å². The van der Waals surface area contributed by atoms with Gasteiger partial charge in [0.05, 0.1) is 6.04 Å². The molecule has 3 nitrogen and oxygen atoms in total. The van der Waals surface area contributed by atoms with Crippen molar-refractivity contribution in [2.24, 2.45) is 0 Å². The molecule has 0 bridgehead atoms. The number of halogens is 1. The highest BCUT2D eigenvalue weighted by molar-refractivity contribution is 6.29. The lowest BCUT2D eigenvalue weighted by Gasteiger charge is -2.27. The van der Waals surface area contributed by atoms with Crippen molar-refractivity contribution in [3.63, 3.8) is 0 Å². The van der Waals surface area contributed by atoms with Gasteiger partial charge in [-0.1, -0.05) is 23.7 Å². The SMILES string of the molecule is Oc1ccc2c(c1)CCCC2Nc1cccc(Cl)n1. The second kappa shape index (κ2) is 5.10. The summed E-state index contributed by atoms with van der Waals surface area (Å²) in [6, 6.07) is 11.4. The summed E-state index contributed by atoms with van der Waals surface area (Å²) >= 11 is 5.90. The molecular weight excluding hydrogens is 260 g/mol. The van der Waals surface area contributed by atoms with E-state index >= 15 is 0 Å². The van der Waals surface area contributed by atoms with Crippen molar-refractivity contribution in [2.75, 3.05) is 5.32 Å². The van der Waals surface area contributed by atoms with Gasteiger partial charge in [0.25, 0.3) is 0 Å². The molecule has 0 saturated heterocycles. The van der Waals surface area contributed by atoms with Gasteiger partial charge in [-0.25, -0.2) is 4.98 Å². The van der Waals surface area contributed by atoms with Gasteiger partial charge in [-0.2, -0.15) is 0 Å². The molecule has 1 aliphatic carbocycles. The number of pyridine rings is 1. The minimum Gasteiger partial charge on any atom is -0.508 e. The van der Waals surface area contributed by atoms with Crippen LogP contribution >= 0.6 is 11.6 Å². The third kappa shape index (κ3) is 2.66. The zero-order valence-electron chi connectivity index (χ0n) is 10.4. The Morgan fingerprint density at radius 1 is 1.26 bits per heavy atom. The predicted molar refractivity (Wildman–Crippen MR) is 76.7 cm³/mol. The Morgan fingerprint density at radius 2 is 2.16 bits per heavy atom. The number of aromatic hydroxyl groups is 1. The minimum atomic E-state index is 0.232. The molecule has 1 atom stereocenters. The molecule has 3 rings (SSSR count). The molecule has 0 radical (unpaired) electrons. The number of aryl methyl sites for hydroxylation is 1. The molecule has 0 aliphatic heterocycles. The van der Waals surface area contributed by atoms with Crippen LogP contribution < -0.4 is 5.32 Å². The molecule has 1 aromatic heterocycles. The lowest BCUT2D eigenvalue weighted by atomic mass is 9.87. The van der Waals surface area contributed by atoms with Crippen LogP contribution in [-0.4, -0.2) is 10.1 Å². The Labute approximate surface area is 117 Å². The molecule has 0 amide bonds. The van der Waals surface area contributed by atoms with Crippen LogP contribution in [0, 0.1) is 0 Å². The third-order valence-electron chi connectivity index (χ3n) is 3.48. The molecule has 98 valence electrons. The van der Waals surface area contributed by atoms with Gasteiger partial charge in [0.1, 0.15) is 16.7 Å². The fourth-order valence-corrected chi connectivity index (χ4v) is 2.78. The highest BCUT2D eigenvalue weighted by Gasteiger charge is 2.20. The summed E-state index contributed by atoms with van der Waals surface area (Å²) < 4.78 is 0. The van der Waals surface area contributed by atoms with E-state index in [0.29, 0.717) is 10.9 Å². The van der Waals surface area contributed by atoms with Crippen molar-refractivity contribution in [3.05, 3.63) is 52.7 Å². The van der Waals surface area contributed by atoms with Crippen LogP contribution in [0.1, 0.15) is 30.0 Å². The van der Waals surface area contributed by atoms with E-state index in [4.69, 9.17) is 11.6 Å². The first-order valence-corrected chi connectivity index (χ1v) is 6.81. The zero-order chi connectivity index (χ0) is 13.2. The number of hydrogen-bond acceptors (Lipinski definition) is 3. The van der Waals surface area contributed by atoms with E-state index in [-0.39, 0.29) is 6.04 Å². The van der Waals surface area contributed by atoms with E-state index in [0.717, 1.165) is 25.1 Å². The van der Waals surface area contributed by atoms with Crippen molar-refractivity contribution in [3.8, 4) is 5.75 Å². The molecule has 2 N–H and O–H groups in total. The summed E-state index contributed by atoms with van der Waals surface area (Å²) in [6.45, 7) is 0. The van der Waals surface area contributed by atoms with Gasteiger partial charge in [-0.05, 0) is 54.7 Å². The van der Waals surface area contributed by atoms with Crippen LogP contribution in [0.2, 0.25) is 5.15 Å². The zero-order valence-corrected chi connectivity index (χ0v) is 11.2. The van der Waals surface area contributed by atoms with Crippen LogP contribution in [0.5, 0.6) is 5.75 Å². The van der Waals surface area contributed by atoms with Crippen molar-refractivity contribution in [1.82, 2.24) is 4.98 Å². The predicted octanol–water partition coefficient (Wildman–Crippen LogP) is 3.93. The lowest BCUT2D eigenvalue weighted by molar-refractivity contribution is 0.472. The number of aromatic nitrogens is 1. The van der Waals surface area contributed by atoms with Gasteiger partial charge in [0.15, 0.2) is 0 Å². The number of hydrogen-bond donors (Lipinski definition) is 2. The van der Waals surface area contributed by atoms with Gasteiger partial charge in [-0.3, -0.25) is 0 Å². The van der Waals surface area contributed by atoms with Gasteiger partial charge < -0.3 is 10.4 Å². The maximum atomic E-state index is 9.55. The Bertz CT molecular complexity index is 600. The summed E-state index contributed by atoms with van der Waals surface area (Å²) in [5.41, 5.74) is 2.46.